The van der Waals surface area contributed by atoms with E-state index in [9.17, 15) is 18.4 Å². The van der Waals surface area contributed by atoms with Crippen LogP contribution in [0.4, 0.5) is 14.5 Å². The first-order valence-corrected chi connectivity index (χ1v) is 5.57. The minimum absolute atomic E-state index is 0.0286. The molecule has 0 radical (unpaired) electrons. The first kappa shape index (κ1) is 16.0. The highest BCUT2D eigenvalue weighted by Gasteiger charge is 2.16. The Morgan fingerprint density at radius 1 is 1.15 bits per heavy atom. The fourth-order valence-electron chi connectivity index (χ4n) is 1.28. The Hall–Kier alpha value is -2.06. The van der Waals surface area contributed by atoms with E-state index >= 15 is 0 Å². The van der Waals surface area contributed by atoms with E-state index in [1.807, 2.05) is 0 Å². The zero-order valence-corrected chi connectivity index (χ0v) is 10.9. The number of amides is 2. The van der Waals surface area contributed by atoms with Gasteiger partial charge in [0.15, 0.2) is 17.9 Å². The molecule has 1 rings (SSSR count). The van der Waals surface area contributed by atoms with Gasteiger partial charge in [0.1, 0.15) is 0 Å². The van der Waals surface area contributed by atoms with E-state index in [-0.39, 0.29) is 12.2 Å². The molecule has 0 saturated heterocycles. The minimum atomic E-state index is -1.12. The van der Waals surface area contributed by atoms with Crippen molar-refractivity contribution in [2.24, 2.45) is 0 Å². The summed E-state index contributed by atoms with van der Waals surface area (Å²) in [6, 6.07) is 2.75. The van der Waals surface area contributed by atoms with E-state index in [4.69, 9.17) is 9.47 Å². The molecule has 0 aliphatic heterocycles. The standard InChI is InChI=1S/C12H14F2N2O4/c1-19-10(20-2)6-15-11(17)12(18)16-7-3-4-8(13)9(14)5-7/h3-5,10H,6H2,1-2H3,(H,15,17)(H,16,18). The number of nitrogens with one attached hydrogen (secondary N) is 2. The summed E-state index contributed by atoms with van der Waals surface area (Å²) in [7, 11) is 2.75. The summed E-state index contributed by atoms with van der Waals surface area (Å²) in [4.78, 5) is 22.9. The molecule has 6 nitrogen and oxygen atoms in total. The first-order chi connectivity index (χ1) is 9.47. The molecule has 0 spiro atoms. The Labute approximate surface area is 114 Å². The first-order valence-electron chi connectivity index (χ1n) is 5.57. The highest BCUT2D eigenvalue weighted by molar-refractivity contribution is 6.39. The zero-order valence-electron chi connectivity index (χ0n) is 10.9. The maximum Gasteiger partial charge on any atom is 0.313 e. The summed E-state index contributed by atoms with van der Waals surface area (Å²) in [6.07, 6.45) is -0.685. The molecule has 2 N–H and O–H groups in total. The molecular weight excluding hydrogens is 274 g/mol. The highest BCUT2D eigenvalue weighted by atomic mass is 19.2. The van der Waals surface area contributed by atoms with Crippen LogP contribution in [0.5, 0.6) is 0 Å². The third kappa shape index (κ3) is 4.56. The SMILES string of the molecule is COC(CNC(=O)C(=O)Nc1ccc(F)c(F)c1)OC. The van der Waals surface area contributed by atoms with Crippen LogP contribution in [-0.4, -0.2) is 38.9 Å². The van der Waals surface area contributed by atoms with Gasteiger partial charge in [0.2, 0.25) is 0 Å². The fraction of sp³-hybridized carbons (Fsp3) is 0.333. The van der Waals surface area contributed by atoms with Crippen molar-refractivity contribution in [3.05, 3.63) is 29.8 Å². The van der Waals surface area contributed by atoms with E-state index in [0.717, 1.165) is 18.2 Å². The third-order valence-corrected chi connectivity index (χ3v) is 2.34. The van der Waals surface area contributed by atoms with Crippen molar-refractivity contribution in [3.63, 3.8) is 0 Å². The van der Waals surface area contributed by atoms with E-state index in [1.54, 1.807) is 0 Å². The summed E-state index contributed by atoms with van der Waals surface area (Å²) in [6.45, 7) is -0.0307. The second-order valence-corrected chi connectivity index (χ2v) is 3.69. The summed E-state index contributed by atoms with van der Waals surface area (Å²) in [5.41, 5.74) is -0.0286. The third-order valence-electron chi connectivity index (χ3n) is 2.34. The predicted molar refractivity (Wildman–Crippen MR) is 65.8 cm³/mol. The van der Waals surface area contributed by atoms with Gasteiger partial charge >= 0.3 is 11.8 Å². The number of carbonyl (C=O) groups is 2. The molecule has 1 aromatic rings. The van der Waals surface area contributed by atoms with Gasteiger partial charge in [0.25, 0.3) is 0 Å². The van der Waals surface area contributed by atoms with Gasteiger partial charge in [-0.25, -0.2) is 8.78 Å². The van der Waals surface area contributed by atoms with E-state index < -0.39 is 29.7 Å². The van der Waals surface area contributed by atoms with Gasteiger partial charge in [-0.05, 0) is 12.1 Å². The van der Waals surface area contributed by atoms with Crippen molar-refractivity contribution >= 4 is 17.5 Å². The lowest BCUT2D eigenvalue weighted by Gasteiger charge is -2.13. The number of hydrogen-bond donors (Lipinski definition) is 2. The van der Waals surface area contributed by atoms with Gasteiger partial charge in [-0.2, -0.15) is 0 Å². The van der Waals surface area contributed by atoms with Gasteiger partial charge in [-0.3, -0.25) is 9.59 Å². The lowest BCUT2D eigenvalue weighted by Crippen LogP contribution is -2.40. The number of carbonyl (C=O) groups excluding carboxylic acids is 2. The topological polar surface area (TPSA) is 76.7 Å². The Kier molecular flexibility index (Phi) is 6.01. The van der Waals surface area contributed by atoms with Crippen LogP contribution >= 0.6 is 0 Å². The van der Waals surface area contributed by atoms with Crippen LogP contribution in [0.25, 0.3) is 0 Å². The second kappa shape index (κ2) is 7.51. The lowest BCUT2D eigenvalue weighted by molar-refractivity contribution is -0.139. The molecule has 110 valence electrons. The highest BCUT2D eigenvalue weighted by Crippen LogP contribution is 2.12. The van der Waals surface area contributed by atoms with E-state index in [1.165, 1.54) is 14.2 Å². The number of ether oxygens (including phenoxy) is 2. The molecule has 2 amide bonds. The normalized spacial score (nSPS) is 10.4. The lowest BCUT2D eigenvalue weighted by atomic mass is 10.3. The smallest absolute Gasteiger partial charge is 0.313 e. The Morgan fingerprint density at radius 3 is 2.35 bits per heavy atom. The molecule has 0 fully saturated rings. The number of methoxy groups -OCH3 is 2. The van der Waals surface area contributed by atoms with Gasteiger partial charge in [-0.1, -0.05) is 0 Å². The molecule has 0 unspecified atom stereocenters. The largest absolute Gasteiger partial charge is 0.354 e. The Bertz CT molecular complexity index is 492. The van der Waals surface area contributed by atoms with Crippen LogP contribution in [0, 0.1) is 11.6 Å². The van der Waals surface area contributed by atoms with E-state index in [0.29, 0.717) is 0 Å². The average Bonchev–Trinajstić information content (AvgIpc) is 2.43. The molecule has 0 aliphatic rings. The van der Waals surface area contributed by atoms with Crippen LogP contribution in [0.2, 0.25) is 0 Å². The zero-order chi connectivity index (χ0) is 15.1. The van der Waals surface area contributed by atoms with Crippen LogP contribution in [0.3, 0.4) is 0 Å². The molecule has 0 aliphatic carbocycles. The summed E-state index contributed by atoms with van der Waals surface area (Å²) >= 11 is 0. The van der Waals surface area contributed by atoms with Gasteiger partial charge in [0.05, 0.1) is 6.54 Å². The van der Waals surface area contributed by atoms with Crippen molar-refractivity contribution in [1.82, 2.24) is 5.32 Å². The molecule has 0 saturated carbocycles. The quantitative estimate of drug-likeness (QED) is 0.616. The van der Waals surface area contributed by atoms with Crippen molar-refractivity contribution in [2.45, 2.75) is 6.29 Å². The molecule has 0 atom stereocenters. The van der Waals surface area contributed by atoms with Gasteiger partial charge in [-0.15, -0.1) is 0 Å². The molecule has 0 aromatic heterocycles. The maximum absolute atomic E-state index is 12.9. The second-order valence-electron chi connectivity index (χ2n) is 3.69. The van der Waals surface area contributed by atoms with Crippen molar-refractivity contribution in [1.29, 1.82) is 0 Å². The molecule has 0 heterocycles. The van der Waals surface area contributed by atoms with Gasteiger partial charge < -0.3 is 20.1 Å². The summed E-state index contributed by atoms with van der Waals surface area (Å²) < 4.78 is 35.2. The number of anilines is 1. The number of hydrogen-bond acceptors (Lipinski definition) is 4. The molecule has 1 aromatic carbocycles. The summed E-state index contributed by atoms with van der Waals surface area (Å²) in [5, 5.41) is 4.39. The van der Waals surface area contributed by atoms with E-state index in [2.05, 4.69) is 10.6 Å². The number of benzene rings is 1. The van der Waals surface area contributed by atoms with Crippen LogP contribution in [-0.2, 0) is 19.1 Å². The summed E-state index contributed by atoms with van der Waals surface area (Å²) in [5.74, 6) is -4.13. The molecule has 8 heteroatoms. The Balaban J connectivity index is 2.53. The number of halogens is 2. The van der Waals surface area contributed by atoms with Crippen molar-refractivity contribution < 1.29 is 27.8 Å². The monoisotopic (exact) mass is 288 g/mol. The maximum atomic E-state index is 12.9. The fourth-order valence-corrected chi connectivity index (χ4v) is 1.28. The van der Waals surface area contributed by atoms with Crippen LogP contribution < -0.4 is 10.6 Å². The molecule has 20 heavy (non-hydrogen) atoms. The van der Waals surface area contributed by atoms with Crippen molar-refractivity contribution in [3.8, 4) is 0 Å². The molecular formula is C12H14F2N2O4. The van der Waals surface area contributed by atoms with Crippen molar-refractivity contribution in [2.75, 3.05) is 26.1 Å². The number of rotatable bonds is 5. The minimum Gasteiger partial charge on any atom is -0.354 e. The van der Waals surface area contributed by atoms with Crippen LogP contribution in [0.1, 0.15) is 0 Å². The predicted octanol–water partition coefficient (Wildman–Crippen LogP) is 0.638. The molecule has 0 bridgehead atoms. The van der Waals surface area contributed by atoms with Gasteiger partial charge in [0, 0.05) is 26.0 Å². The van der Waals surface area contributed by atoms with Crippen LogP contribution in [0.15, 0.2) is 18.2 Å². The Morgan fingerprint density at radius 2 is 1.80 bits per heavy atom. The average molecular weight is 288 g/mol.